The van der Waals surface area contributed by atoms with Crippen LogP contribution in [0.2, 0.25) is 0 Å². The Morgan fingerprint density at radius 1 is 0.757 bits per heavy atom. The van der Waals surface area contributed by atoms with Crippen LogP contribution in [0, 0.1) is 0 Å². The van der Waals surface area contributed by atoms with Gasteiger partial charge in [-0.2, -0.15) is 0 Å². The number of nitrogens with zero attached hydrogens (tertiary/aromatic N) is 2. The van der Waals surface area contributed by atoms with E-state index < -0.39 is 0 Å². The number of anilines is 2. The Hall–Kier alpha value is -2.86. The molecule has 2 saturated heterocycles. The quantitative estimate of drug-likeness (QED) is 0.267. The molecule has 2 amide bonds. The van der Waals surface area contributed by atoms with Gasteiger partial charge in [0.1, 0.15) is 30.6 Å². The fourth-order valence-electron chi connectivity index (χ4n) is 3.68. The maximum Gasteiger partial charge on any atom is 0.243 e. The van der Waals surface area contributed by atoms with Crippen molar-refractivity contribution >= 4 is 79.8 Å². The number of nitrogens with one attached hydrogen (secondary N) is 2. The number of rotatable bonds is 12. The first-order valence-electron chi connectivity index (χ1n) is 11.5. The highest BCUT2D eigenvalue weighted by atomic mass is 32.2. The van der Waals surface area contributed by atoms with E-state index in [4.69, 9.17) is 29.2 Å². The number of thiocarbonyl (C=S) groups is 2. The number of carbonyl (C=O) groups excluding carboxylic acids is 2. The molecule has 2 fully saturated rings. The molecule has 2 atom stereocenters. The van der Waals surface area contributed by atoms with Gasteiger partial charge in [0.15, 0.2) is 0 Å². The molecule has 2 N–H and O–H groups in total. The van der Waals surface area contributed by atoms with Crippen LogP contribution in [0.4, 0.5) is 11.4 Å². The van der Waals surface area contributed by atoms with Crippen LogP contribution in [-0.4, -0.2) is 66.9 Å². The van der Waals surface area contributed by atoms with Crippen LogP contribution >= 0.6 is 48.0 Å². The Labute approximate surface area is 235 Å². The molecule has 2 aliphatic heterocycles. The minimum absolute atomic E-state index is 0.00649. The summed E-state index contributed by atoms with van der Waals surface area (Å²) in [5.74, 6) is 1.40. The summed E-state index contributed by atoms with van der Waals surface area (Å²) in [5.41, 5.74) is 1.78. The molecule has 2 heterocycles. The molecule has 4 rings (SSSR count). The molecule has 0 radical (unpaired) electrons. The van der Waals surface area contributed by atoms with Crippen LogP contribution in [0.25, 0.3) is 0 Å². The van der Waals surface area contributed by atoms with Gasteiger partial charge in [-0.15, -0.1) is 13.2 Å². The van der Waals surface area contributed by atoms with Gasteiger partial charge in [-0.3, -0.25) is 19.4 Å². The van der Waals surface area contributed by atoms with E-state index in [0.29, 0.717) is 46.3 Å². The zero-order valence-corrected chi connectivity index (χ0v) is 23.2. The summed E-state index contributed by atoms with van der Waals surface area (Å²) in [6.07, 6.45) is 3.35. The number of amides is 2. The van der Waals surface area contributed by atoms with Crippen molar-refractivity contribution in [2.24, 2.45) is 0 Å². The molecule has 11 heteroatoms. The molecule has 37 heavy (non-hydrogen) atoms. The Kier molecular flexibility index (Phi) is 9.25. The molecule has 2 aromatic carbocycles. The van der Waals surface area contributed by atoms with Crippen LogP contribution in [0.1, 0.15) is 0 Å². The van der Waals surface area contributed by atoms with Crippen LogP contribution in [0.3, 0.4) is 0 Å². The first kappa shape index (κ1) is 27.2. The van der Waals surface area contributed by atoms with Crippen LogP contribution in [0.5, 0.6) is 11.5 Å². The highest BCUT2D eigenvalue weighted by Crippen LogP contribution is 2.30. The lowest BCUT2D eigenvalue weighted by atomic mass is 10.2. The highest BCUT2D eigenvalue weighted by molar-refractivity contribution is 8.24. The van der Waals surface area contributed by atoms with E-state index >= 15 is 0 Å². The molecule has 2 unspecified atom stereocenters. The van der Waals surface area contributed by atoms with E-state index in [9.17, 15) is 9.59 Å². The minimum Gasteiger partial charge on any atom is -0.457 e. The van der Waals surface area contributed by atoms with Crippen LogP contribution < -0.4 is 15.4 Å². The zero-order chi connectivity index (χ0) is 26.4. The fourth-order valence-corrected chi connectivity index (χ4v) is 6.57. The Balaban J connectivity index is 1.24. The smallest absolute Gasteiger partial charge is 0.243 e. The predicted molar refractivity (Wildman–Crippen MR) is 162 cm³/mol. The minimum atomic E-state index is -0.247. The number of ether oxygens (including phenoxy) is 1. The summed E-state index contributed by atoms with van der Waals surface area (Å²) in [6.45, 7) is 9.19. The van der Waals surface area contributed by atoms with Gasteiger partial charge in [0.05, 0.1) is 0 Å². The second kappa shape index (κ2) is 12.6. The van der Waals surface area contributed by atoms with Crippen molar-refractivity contribution in [3.05, 3.63) is 73.8 Å². The average Bonchev–Trinajstić information content (AvgIpc) is 3.32. The molecule has 0 aliphatic carbocycles. The Bertz CT molecular complexity index is 1110. The van der Waals surface area contributed by atoms with E-state index in [2.05, 4.69) is 23.8 Å². The van der Waals surface area contributed by atoms with Gasteiger partial charge in [0.25, 0.3) is 0 Å². The number of hydrogen-bond donors (Lipinski definition) is 2. The summed E-state index contributed by atoms with van der Waals surface area (Å²) >= 11 is 13.4. The Morgan fingerprint density at radius 2 is 1.14 bits per heavy atom. The highest BCUT2D eigenvalue weighted by Gasteiger charge is 2.36. The molecule has 192 valence electrons. The van der Waals surface area contributed by atoms with Crippen molar-refractivity contribution in [3.63, 3.8) is 0 Å². The topological polar surface area (TPSA) is 73.9 Å². The van der Waals surface area contributed by atoms with Gasteiger partial charge in [-0.05, 0) is 48.5 Å². The number of carbonyl (C=O) groups is 2. The SMILES string of the molecule is C=CCN1C(=O)C(CNc2ccc(Oc3ccc(NCC4SC(=S)N(CC=C)C4=O)cc3)cc2)SC1=S. The Morgan fingerprint density at radius 3 is 1.49 bits per heavy atom. The molecular weight excluding hydrogens is 545 g/mol. The van der Waals surface area contributed by atoms with Gasteiger partial charge in [-0.25, -0.2) is 0 Å². The largest absolute Gasteiger partial charge is 0.457 e. The van der Waals surface area contributed by atoms with Crippen molar-refractivity contribution in [1.29, 1.82) is 0 Å². The zero-order valence-electron chi connectivity index (χ0n) is 19.9. The van der Waals surface area contributed by atoms with Crippen molar-refractivity contribution in [2.75, 3.05) is 36.8 Å². The normalized spacial score (nSPS) is 19.4. The molecule has 0 saturated carbocycles. The maximum absolute atomic E-state index is 12.5. The number of benzene rings is 2. The van der Waals surface area contributed by atoms with Gasteiger partial charge in [0, 0.05) is 37.6 Å². The average molecular weight is 571 g/mol. The molecule has 0 aromatic heterocycles. The standard InChI is InChI=1S/C26H26N4O3S4/c1-3-13-29-23(31)21(36-25(29)34)15-27-17-5-9-19(10-6-17)33-20-11-7-18(8-12-20)28-16-22-24(32)30(14-4-2)26(35)37-22/h3-12,21-22,27-28H,1-2,13-16H2. The van der Waals surface area contributed by atoms with E-state index in [1.54, 1.807) is 22.0 Å². The maximum atomic E-state index is 12.5. The lowest BCUT2D eigenvalue weighted by Crippen LogP contribution is -2.34. The van der Waals surface area contributed by atoms with E-state index in [-0.39, 0.29) is 22.3 Å². The second-order valence-corrected chi connectivity index (χ2v) is 11.8. The van der Waals surface area contributed by atoms with E-state index in [1.165, 1.54) is 23.5 Å². The molecular formula is C26H26N4O3S4. The summed E-state index contributed by atoms with van der Waals surface area (Å²) in [6, 6.07) is 15.1. The molecule has 7 nitrogen and oxygen atoms in total. The molecule has 0 spiro atoms. The molecule has 2 aromatic rings. The lowest BCUT2D eigenvalue weighted by molar-refractivity contribution is -0.126. The van der Waals surface area contributed by atoms with Gasteiger partial charge >= 0.3 is 0 Å². The third-order valence-electron chi connectivity index (χ3n) is 5.56. The summed E-state index contributed by atoms with van der Waals surface area (Å²) in [4.78, 5) is 28.1. The van der Waals surface area contributed by atoms with Gasteiger partial charge in [0.2, 0.25) is 11.8 Å². The third-order valence-corrected chi connectivity index (χ3v) is 8.73. The first-order valence-corrected chi connectivity index (χ1v) is 14.1. The lowest BCUT2D eigenvalue weighted by Gasteiger charge is -2.14. The van der Waals surface area contributed by atoms with Crippen LogP contribution in [-0.2, 0) is 9.59 Å². The van der Waals surface area contributed by atoms with E-state index in [1.807, 2.05) is 48.5 Å². The first-order chi connectivity index (χ1) is 17.9. The monoisotopic (exact) mass is 570 g/mol. The van der Waals surface area contributed by atoms with Crippen molar-refractivity contribution < 1.29 is 14.3 Å². The summed E-state index contributed by atoms with van der Waals surface area (Å²) < 4.78 is 7.13. The van der Waals surface area contributed by atoms with Crippen molar-refractivity contribution in [2.45, 2.75) is 10.5 Å². The number of hydrogen-bond acceptors (Lipinski definition) is 9. The second-order valence-electron chi connectivity index (χ2n) is 8.13. The third kappa shape index (κ3) is 6.72. The van der Waals surface area contributed by atoms with Gasteiger partial charge in [-0.1, -0.05) is 60.1 Å². The van der Waals surface area contributed by atoms with Crippen molar-refractivity contribution in [3.8, 4) is 11.5 Å². The fraction of sp³-hybridized carbons (Fsp3) is 0.231. The predicted octanol–water partition coefficient (Wildman–Crippen LogP) is 5.13. The van der Waals surface area contributed by atoms with E-state index in [0.717, 1.165) is 11.4 Å². The molecule has 2 aliphatic rings. The van der Waals surface area contributed by atoms with Gasteiger partial charge < -0.3 is 15.4 Å². The van der Waals surface area contributed by atoms with Crippen molar-refractivity contribution in [1.82, 2.24) is 9.80 Å². The number of thioether (sulfide) groups is 2. The molecule has 0 bridgehead atoms. The summed E-state index contributed by atoms with van der Waals surface area (Å²) in [5, 5.41) is 6.09. The van der Waals surface area contributed by atoms with Crippen LogP contribution in [0.15, 0.2) is 73.8 Å². The summed E-state index contributed by atoms with van der Waals surface area (Å²) in [7, 11) is 0.